The van der Waals surface area contributed by atoms with Crippen LogP contribution in [0.5, 0.6) is 0 Å². The number of amides is 1. The van der Waals surface area contributed by atoms with Gasteiger partial charge in [0, 0.05) is 10.7 Å². The smallest absolute Gasteiger partial charge is 0.338 e. The van der Waals surface area contributed by atoms with E-state index in [0.29, 0.717) is 32.8 Å². The van der Waals surface area contributed by atoms with E-state index >= 15 is 0 Å². The molecule has 0 N–H and O–H groups in total. The van der Waals surface area contributed by atoms with Gasteiger partial charge in [-0.2, -0.15) is 0 Å². The SMILES string of the molecule is CCOC(=O)c1ccc(N2C(=O)c3oc4ccc(C)cc4c(=O)c3C2c2ccc(Cl)cc2)cc1. The highest BCUT2D eigenvalue weighted by atomic mass is 35.5. The Morgan fingerprint density at radius 3 is 2.41 bits per heavy atom. The van der Waals surface area contributed by atoms with Crippen LogP contribution in [0, 0.1) is 6.92 Å². The van der Waals surface area contributed by atoms with Gasteiger partial charge in [-0.25, -0.2) is 4.79 Å². The molecule has 3 aromatic carbocycles. The number of benzene rings is 3. The first kappa shape index (κ1) is 21.9. The molecule has 4 aromatic rings. The molecule has 1 atom stereocenters. The molecule has 6 nitrogen and oxygen atoms in total. The zero-order valence-corrected chi connectivity index (χ0v) is 19.3. The van der Waals surface area contributed by atoms with Crippen LogP contribution >= 0.6 is 11.6 Å². The Bertz CT molecular complexity index is 1490. The molecule has 1 aliphatic heterocycles. The quantitative estimate of drug-likeness (QED) is 0.356. The highest BCUT2D eigenvalue weighted by Gasteiger charge is 2.43. The van der Waals surface area contributed by atoms with Crippen molar-refractivity contribution in [3.05, 3.63) is 110 Å². The van der Waals surface area contributed by atoms with Crippen LogP contribution < -0.4 is 10.3 Å². The zero-order chi connectivity index (χ0) is 24.0. The minimum atomic E-state index is -0.714. The van der Waals surface area contributed by atoms with Gasteiger partial charge >= 0.3 is 5.97 Å². The van der Waals surface area contributed by atoms with Gasteiger partial charge < -0.3 is 9.15 Å². The summed E-state index contributed by atoms with van der Waals surface area (Å²) >= 11 is 6.10. The molecule has 0 aliphatic carbocycles. The van der Waals surface area contributed by atoms with Gasteiger partial charge in [-0.1, -0.05) is 35.4 Å². The summed E-state index contributed by atoms with van der Waals surface area (Å²) in [4.78, 5) is 40.8. The van der Waals surface area contributed by atoms with E-state index in [1.165, 1.54) is 4.90 Å². The second-order valence-corrected chi connectivity index (χ2v) is 8.51. The number of ether oxygens (including phenoxy) is 1. The monoisotopic (exact) mass is 473 g/mol. The van der Waals surface area contributed by atoms with Gasteiger partial charge in [-0.15, -0.1) is 0 Å². The molecule has 1 amide bonds. The topological polar surface area (TPSA) is 76.8 Å². The average molecular weight is 474 g/mol. The van der Waals surface area contributed by atoms with E-state index in [9.17, 15) is 14.4 Å². The molecule has 0 radical (unpaired) electrons. The maximum absolute atomic E-state index is 13.6. The van der Waals surface area contributed by atoms with Gasteiger partial charge in [0.25, 0.3) is 5.91 Å². The van der Waals surface area contributed by atoms with Gasteiger partial charge in [-0.05, 0) is 67.9 Å². The maximum atomic E-state index is 13.6. The third-order valence-corrected chi connectivity index (χ3v) is 6.12. The number of carbonyl (C=O) groups excluding carboxylic acids is 2. The van der Waals surface area contributed by atoms with Crippen LogP contribution in [0.3, 0.4) is 0 Å². The first-order chi connectivity index (χ1) is 16.4. The fourth-order valence-corrected chi connectivity index (χ4v) is 4.41. The first-order valence-electron chi connectivity index (χ1n) is 10.8. The Hall–Kier alpha value is -3.90. The lowest BCUT2D eigenvalue weighted by Crippen LogP contribution is -2.29. The summed E-state index contributed by atoms with van der Waals surface area (Å²) in [6, 6.07) is 18.1. The lowest BCUT2D eigenvalue weighted by Gasteiger charge is -2.25. The van der Waals surface area contributed by atoms with E-state index in [1.807, 2.05) is 13.0 Å². The molecule has 1 unspecified atom stereocenters. The van der Waals surface area contributed by atoms with Crippen LogP contribution in [0.15, 0.2) is 75.9 Å². The van der Waals surface area contributed by atoms with Crippen molar-refractivity contribution in [1.82, 2.24) is 0 Å². The normalized spacial score (nSPS) is 15.0. The lowest BCUT2D eigenvalue weighted by molar-refractivity contribution is 0.0526. The summed E-state index contributed by atoms with van der Waals surface area (Å²) in [5.41, 5.74) is 2.90. The fraction of sp³-hybridized carbons (Fsp3) is 0.148. The summed E-state index contributed by atoms with van der Waals surface area (Å²) in [5, 5.41) is 0.963. The molecule has 1 aliphatic rings. The second kappa shape index (κ2) is 8.47. The van der Waals surface area contributed by atoms with Crippen molar-refractivity contribution in [2.24, 2.45) is 0 Å². The Morgan fingerprint density at radius 2 is 1.74 bits per heavy atom. The molecule has 0 fully saturated rings. The number of fused-ring (bicyclic) bond motifs is 2. The lowest BCUT2D eigenvalue weighted by atomic mass is 9.98. The number of carbonyl (C=O) groups is 2. The number of nitrogens with zero attached hydrogens (tertiary/aromatic N) is 1. The third kappa shape index (κ3) is 3.56. The van der Waals surface area contributed by atoms with Crippen molar-refractivity contribution in [2.45, 2.75) is 19.9 Å². The van der Waals surface area contributed by atoms with E-state index in [0.717, 1.165) is 5.56 Å². The number of rotatable bonds is 4. The predicted octanol–water partition coefficient (Wildman–Crippen LogP) is 5.68. The average Bonchev–Trinajstić information content (AvgIpc) is 3.13. The van der Waals surface area contributed by atoms with E-state index in [4.69, 9.17) is 20.8 Å². The third-order valence-electron chi connectivity index (χ3n) is 5.87. The van der Waals surface area contributed by atoms with E-state index < -0.39 is 17.9 Å². The molecular formula is C27H20ClNO5. The molecule has 34 heavy (non-hydrogen) atoms. The molecule has 1 aromatic heterocycles. The van der Waals surface area contributed by atoms with Crippen LogP contribution in [0.1, 0.15) is 50.6 Å². The summed E-state index contributed by atoms with van der Waals surface area (Å²) in [7, 11) is 0. The molecule has 170 valence electrons. The van der Waals surface area contributed by atoms with Crippen molar-refractivity contribution in [2.75, 3.05) is 11.5 Å². The molecule has 2 heterocycles. The van der Waals surface area contributed by atoms with E-state index in [1.54, 1.807) is 67.6 Å². The Morgan fingerprint density at radius 1 is 1.03 bits per heavy atom. The number of hydrogen-bond acceptors (Lipinski definition) is 5. The molecule has 0 saturated heterocycles. The van der Waals surface area contributed by atoms with E-state index in [-0.39, 0.29) is 23.4 Å². The van der Waals surface area contributed by atoms with Crippen molar-refractivity contribution >= 4 is 40.1 Å². The van der Waals surface area contributed by atoms with Crippen LogP contribution in [0.2, 0.25) is 5.02 Å². The largest absolute Gasteiger partial charge is 0.462 e. The summed E-state index contributed by atoms with van der Waals surface area (Å²) in [6.45, 7) is 3.89. The number of anilines is 1. The van der Waals surface area contributed by atoms with Gasteiger partial charge in [0.2, 0.25) is 5.76 Å². The number of hydrogen-bond donors (Lipinski definition) is 0. The van der Waals surface area contributed by atoms with Crippen LogP contribution in [0.4, 0.5) is 5.69 Å². The van der Waals surface area contributed by atoms with Crippen LogP contribution in [-0.2, 0) is 4.74 Å². The number of halogens is 1. The van der Waals surface area contributed by atoms with Gasteiger partial charge in [0.1, 0.15) is 5.58 Å². The van der Waals surface area contributed by atoms with Crippen molar-refractivity contribution in [1.29, 1.82) is 0 Å². The maximum Gasteiger partial charge on any atom is 0.338 e. The Balaban J connectivity index is 1.70. The summed E-state index contributed by atoms with van der Waals surface area (Å²) in [5.74, 6) is -0.869. The first-order valence-corrected chi connectivity index (χ1v) is 11.2. The highest BCUT2D eigenvalue weighted by Crippen LogP contribution is 2.41. The molecule has 0 bridgehead atoms. The predicted molar refractivity (Wildman–Crippen MR) is 130 cm³/mol. The van der Waals surface area contributed by atoms with Crippen molar-refractivity contribution in [3.8, 4) is 0 Å². The second-order valence-electron chi connectivity index (χ2n) is 8.07. The fourth-order valence-electron chi connectivity index (χ4n) is 4.29. The van der Waals surface area contributed by atoms with Gasteiger partial charge in [0.15, 0.2) is 5.43 Å². The van der Waals surface area contributed by atoms with Crippen molar-refractivity contribution < 1.29 is 18.7 Å². The van der Waals surface area contributed by atoms with E-state index in [2.05, 4.69) is 0 Å². The molecular weight excluding hydrogens is 454 g/mol. The number of esters is 1. The minimum absolute atomic E-state index is 0.00997. The molecule has 7 heteroatoms. The Labute approximate surface area is 200 Å². The van der Waals surface area contributed by atoms with Crippen molar-refractivity contribution in [3.63, 3.8) is 0 Å². The minimum Gasteiger partial charge on any atom is -0.462 e. The summed E-state index contributed by atoms with van der Waals surface area (Å²) in [6.07, 6.45) is 0. The van der Waals surface area contributed by atoms with Gasteiger partial charge in [0.05, 0.1) is 29.2 Å². The molecule has 0 spiro atoms. The standard InChI is InChI=1S/C27H20ClNO5/c1-3-33-27(32)17-7-11-19(12-8-17)29-23(16-5-9-18(28)10-6-16)22-24(30)20-14-15(2)4-13-21(20)34-25(22)26(29)31/h4-14,23H,3H2,1-2H3. The molecule has 0 saturated carbocycles. The summed E-state index contributed by atoms with van der Waals surface area (Å²) < 4.78 is 11.0. The Kier molecular flexibility index (Phi) is 5.46. The van der Waals surface area contributed by atoms with Gasteiger partial charge in [-0.3, -0.25) is 14.5 Å². The zero-order valence-electron chi connectivity index (χ0n) is 18.5. The highest BCUT2D eigenvalue weighted by molar-refractivity contribution is 6.30. The van der Waals surface area contributed by atoms with Crippen LogP contribution in [0.25, 0.3) is 11.0 Å². The van der Waals surface area contributed by atoms with Crippen LogP contribution in [-0.4, -0.2) is 18.5 Å². The molecule has 5 rings (SSSR count). The number of aryl methyl sites for hydroxylation is 1.